The largest absolute Gasteiger partial charge is 0.495 e. The number of ether oxygens (including phenoxy) is 1. The SMILES string of the molecule is COc1ccc(C(C)C)cc1S(=O)(=O)Nc1ccc(C(C)=O)cc1. The van der Waals surface area contributed by atoms with Gasteiger partial charge in [0.25, 0.3) is 10.0 Å². The summed E-state index contributed by atoms with van der Waals surface area (Å²) in [7, 11) is -2.37. The smallest absolute Gasteiger partial charge is 0.265 e. The number of benzene rings is 2. The highest BCUT2D eigenvalue weighted by Gasteiger charge is 2.21. The first-order valence-corrected chi connectivity index (χ1v) is 9.04. The van der Waals surface area contributed by atoms with Crippen molar-refractivity contribution in [2.24, 2.45) is 0 Å². The van der Waals surface area contributed by atoms with Crippen LogP contribution in [-0.2, 0) is 10.0 Å². The summed E-state index contributed by atoms with van der Waals surface area (Å²) in [4.78, 5) is 11.4. The molecule has 5 nitrogen and oxygen atoms in total. The van der Waals surface area contributed by atoms with Gasteiger partial charge in [-0.25, -0.2) is 8.42 Å². The highest BCUT2D eigenvalue weighted by molar-refractivity contribution is 7.92. The highest BCUT2D eigenvalue weighted by Crippen LogP contribution is 2.29. The lowest BCUT2D eigenvalue weighted by molar-refractivity contribution is 0.101. The van der Waals surface area contributed by atoms with Gasteiger partial charge in [-0.3, -0.25) is 9.52 Å². The number of hydrogen-bond acceptors (Lipinski definition) is 4. The molecule has 0 heterocycles. The quantitative estimate of drug-likeness (QED) is 0.806. The number of Topliss-reactive ketones (excluding diaryl/α,β-unsaturated/α-hetero) is 1. The maximum Gasteiger partial charge on any atom is 0.265 e. The molecule has 0 aromatic heterocycles. The molecule has 0 aliphatic carbocycles. The summed E-state index contributed by atoms with van der Waals surface area (Å²) >= 11 is 0. The molecule has 0 atom stereocenters. The number of carbonyl (C=O) groups is 1. The fraction of sp³-hybridized carbons (Fsp3) is 0.278. The van der Waals surface area contributed by atoms with Crippen LogP contribution in [0.15, 0.2) is 47.4 Å². The standard InChI is InChI=1S/C18H21NO4S/c1-12(2)15-7-10-17(23-4)18(11-15)24(21,22)19-16-8-5-14(6-9-16)13(3)20/h5-12,19H,1-4H3. The van der Waals surface area contributed by atoms with Crippen molar-refractivity contribution in [3.05, 3.63) is 53.6 Å². The normalized spacial score (nSPS) is 11.4. The lowest BCUT2D eigenvalue weighted by Crippen LogP contribution is -2.14. The Morgan fingerprint density at radius 3 is 2.21 bits per heavy atom. The van der Waals surface area contributed by atoms with Crippen LogP contribution in [0.3, 0.4) is 0 Å². The van der Waals surface area contributed by atoms with Crippen LogP contribution in [0.4, 0.5) is 5.69 Å². The lowest BCUT2D eigenvalue weighted by atomic mass is 10.0. The van der Waals surface area contributed by atoms with E-state index < -0.39 is 10.0 Å². The predicted octanol–water partition coefficient (Wildman–Crippen LogP) is 3.82. The monoisotopic (exact) mass is 347 g/mol. The van der Waals surface area contributed by atoms with Crippen molar-refractivity contribution in [1.82, 2.24) is 0 Å². The molecule has 6 heteroatoms. The zero-order valence-electron chi connectivity index (χ0n) is 14.2. The van der Waals surface area contributed by atoms with Gasteiger partial charge in [0.2, 0.25) is 0 Å². The molecule has 0 saturated heterocycles. The Morgan fingerprint density at radius 1 is 1.08 bits per heavy atom. The zero-order valence-corrected chi connectivity index (χ0v) is 15.0. The number of sulfonamides is 1. The van der Waals surface area contributed by atoms with E-state index in [1.165, 1.54) is 14.0 Å². The van der Waals surface area contributed by atoms with Gasteiger partial charge in [-0.2, -0.15) is 0 Å². The van der Waals surface area contributed by atoms with Crippen molar-refractivity contribution < 1.29 is 17.9 Å². The average molecular weight is 347 g/mol. The molecule has 2 aromatic carbocycles. The maximum atomic E-state index is 12.7. The first-order chi connectivity index (χ1) is 11.2. The molecule has 0 saturated carbocycles. The molecule has 0 radical (unpaired) electrons. The second kappa shape index (κ2) is 7.05. The van der Waals surface area contributed by atoms with Gasteiger partial charge < -0.3 is 4.74 Å². The third kappa shape index (κ3) is 3.94. The second-order valence-corrected chi connectivity index (χ2v) is 7.45. The third-order valence-corrected chi connectivity index (χ3v) is 5.09. The lowest BCUT2D eigenvalue weighted by Gasteiger charge is -2.14. The Balaban J connectivity index is 2.39. The van der Waals surface area contributed by atoms with E-state index in [1.807, 2.05) is 19.9 Å². The van der Waals surface area contributed by atoms with Gasteiger partial charge in [-0.1, -0.05) is 19.9 Å². The first kappa shape index (κ1) is 18.0. The van der Waals surface area contributed by atoms with Crippen molar-refractivity contribution in [1.29, 1.82) is 0 Å². The molecular formula is C18H21NO4S. The van der Waals surface area contributed by atoms with Gasteiger partial charge in [-0.15, -0.1) is 0 Å². The zero-order chi connectivity index (χ0) is 17.9. The van der Waals surface area contributed by atoms with E-state index in [4.69, 9.17) is 4.74 Å². The highest BCUT2D eigenvalue weighted by atomic mass is 32.2. The van der Waals surface area contributed by atoms with E-state index in [2.05, 4.69) is 4.72 Å². The minimum Gasteiger partial charge on any atom is -0.495 e. The summed E-state index contributed by atoms with van der Waals surface area (Å²) in [5.74, 6) is 0.405. The summed E-state index contributed by atoms with van der Waals surface area (Å²) < 4.78 is 33.1. The molecule has 0 aliphatic rings. The summed E-state index contributed by atoms with van der Waals surface area (Å²) in [6.07, 6.45) is 0. The summed E-state index contributed by atoms with van der Waals surface area (Å²) in [5, 5.41) is 0. The number of rotatable bonds is 6. The molecule has 24 heavy (non-hydrogen) atoms. The van der Waals surface area contributed by atoms with E-state index in [-0.39, 0.29) is 22.3 Å². The number of ketones is 1. The minimum absolute atomic E-state index is 0.0734. The molecule has 0 amide bonds. The minimum atomic E-state index is -3.81. The van der Waals surface area contributed by atoms with Crippen LogP contribution < -0.4 is 9.46 Å². The van der Waals surface area contributed by atoms with E-state index >= 15 is 0 Å². The number of nitrogens with one attached hydrogen (secondary N) is 1. The van der Waals surface area contributed by atoms with Crippen LogP contribution >= 0.6 is 0 Å². The molecule has 2 rings (SSSR count). The molecule has 1 N–H and O–H groups in total. The van der Waals surface area contributed by atoms with E-state index in [9.17, 15) is 13.2 Å². The fourth-order valence-corrected chi connectivity index (χ4v) is 3.51. The molecule has 0 fully saturated rings. The second-order valence-electron chi connectivity index (χ2n) is 5.80. The Hall–Kier alpha value is -2.34. The van der Waals surface area contributed by atoms with Crippen LogP contribution in [-0.4, -0.2) is 21.3 Å². The van der Waals surface area contributed by atoms with Crippen molar-refractivity contribution in [2.75, 3.05) is 11.8 Å². The van der Waals surface area contributed by atoms with Gasteiger partial charge in [0.1, 0.15) is 10.6 Å². The Morgan fingerprint density at radius 2 is 1.71 bits per heavy atom. The Labute approximate surface area is 142 Å². The van der Waals surface area contributed by atoms with E-state index in [1.54, 1.807) is 36.4 Å². The summed E-state index contributed by atoms with van der Waals surface area (Å²) in [6.45, 7) is 5.44. The molecule has 2 aromatic rings. The van der Waals surface area contributed by atoms with Gasteiger partial charge in [-0.05, 0) is 54.8 Å². The molecule has 0 bridgehead atoms. The molecule has 0 spiro atoms. The van der Waals surface area contributed by atoms with Crippen molar-refractivity contribution in [3.8, 4) is 5.75 Å². The number of carbonyl (C=O) groups excluding carboxylic acids is 1. The van der Waals surface area contributed by atoms with E-state index in [0.29, 0.717) is 11.3 Å². The fourth-order valence-electron chi connectivity index (χ4n) is 2.25. The van der Waals surface area contributed by atoms with Crippen LogP contribution in [0.5, 0.6) is 5.75 Å². The third-order valence-electron chi connectivity index (χ3n) is 3.69. The molecule has 128 valence electrons. The number of anilines is 1. The number of hydrogen-bond donors (Lipinski definition) is 1. The summed E-state index contributed by atoms with van der Waals surface area (Å²) in [6, 6.07) is 11.4. The topological polar surface area (TPSA) is 72.5 Å². The first-order valence-electron chi connectivity index (χ1n) is 7.56. The van der Waals surface area contributed by atoms with Crippen LogP contribution in [0.1, 0.15) is 42.6 Å². The van der Waals surface area contributed by atoms with Gasteiger partial charge in [0.05, 0.1) is 7.11 Å². The van der Waals surface area contributed by atoms with Gasteiger partial charge in [0.15, 0.2) is 5.78 Å². The molecule has 0 aliphatic heterocycles. The average Bonchev–Trinajstić information content (AvgIpc) is 2.54. The van der Waals surface area contributed by atoms with Crippen molar-refractivity contribution >= 4 is 21.5 Å². The Kier molecular flexibility index (Phi) is 5.29. The van der Waals surface area contributed by atoms with Crippen molar-refractivity contribution in [3.63, 3.8) is 0 Å². The molecular weight excluding hydrogens is 326 g/mol. The summed E-state index contributed by atoms with van der Waals surface area (Å²) in [5.41, 5.74) is 1.82. The van der Waals surface area contributed by atoms with Crippen LogP contribution in [0.25, 0.3) is 0 Å². The van der Waals surface area contributed by atoms with E-state index in [0.717, 1.165) is 5.56 Å². The van der Waals surface area contributed by atoms with Gasteiger partial charge >= 0.3 is 0 Å². The van der Waals surface area contributed by atoms with Crippen LogP contribution in [0, 0.1) is 0 Å². The predicted molar refractivity (Wildman–Crippen MR) is 94.3 cm³/mol. The number of methoxy groups -OCH3 is 1. The maximum absolute atomic E-state index is 12.7. The Bertz CT molecular complexity index is 840. The van der Waals surface area contributed by atoms with Crippen molar-refractivity contribution in [2.45, 2.75) is 31.6 Å². The van der Waals surface area contributed by atoms with Gasteiger partial charge in [0, 0.05) is 11.3 Å². The molecule has 0 unspecified atom stereocenters. The van der Waals surface area contributed by atoms with Crippen LogP contribution in [0.2, 0.25) is 0 Å².